The third-order valence-corrected chi connectivity index (χ3v) is 7.43. The molecule has 8 nitrogen and oxygen atoms in total. The molecule has 2 saturated heterocycles. The highest BCUT2D eigenvalue weighted by Gasteiger charge is 2.49. The Labute approximate surface area is 189 Å². The minimum atomic E-state index is -1.10. The van der Waals surface area contributed by atoms with Gasteiger partial charge in [0.25, 0.3) is 5.19 Å². The number of methoxy groups -OCH3 is 1. The molecule has 5 rings (SSSR count). The van der Waals surface area contributed by atoms with E-state index in [0.29, 0.717) is 22.2 Å². The quantitative estimate of drug-likeness (QED) is 0.626. The summed E-state index contributed by atoms with van der Waals surface area (Å²) in [4.78, 5) is 2.09. The molecule has 0 amide bonds. The van der Waals surface area contributed by atoms with Crippen LogP contribution in [0.1, 0.15) is 25.0 Å². The van der Waals surface area contributed by atoms with E-state index in [2.05, 4.69) is 20.2 Å². The molecule has 2 bridgehead atoms. The summed E-state index contributed by atoms with van der Waals surface area (Å²) in [6, 6.07) is 7.08. The molecule has 3 aromatic rings. The minimum Gasteiger partial charge on any atom is -0.507 e. The van der Waals surface area contributed by atoms with Gasteiger partial charge in [-0.05, 0) is 45.0 Å². The molecular formula is C22H26FN5O3S. The van der Waals surface area contributed by atoms with Gasteiger partial charge in [0, 0.05) is 37.9 Å². The maximum Gasteiger partial charge on any atom is 0.294 e. The van der Waals surface area contributed by atoms with E-state index in [0.717, 1.165) is 24.2 Å². The Morgan fingerprint density at radius 1 is 1.16 bits per heavy atom. The molecule has 5 unspecified atom stereocenters. The Bertz CT molecular complexity index is 1100. The third-order valence-electron chi connectivity index (χ3n) is 6.58. The molecule has 10 heteroatoms. The van der Waals surface area contributed by atoms with Crippen LogP contribution in [0.4, 0.5) is 4.39 Å². The van der Waals surface area contributed by atoms with Gasteiger partial charge in [-0.15, -0.1) is 5.10 Å². The van der Waals surface area contributed by atoms with Gasteiger partial charge in [0.15, 0.2) is 11.2 Å². The van der Waals surface area contributed by atoms with Gasteiger partial charge in [0.05, 0.1) is 23.0 Å². The van der Waals surface area contributed by atoms with E-state index >= 15 is 4.39 Å². The van der Waals surface area contributed by atoms with Gasteiger partial charge in [-0.25, -0.2) is 9.07 Å². The summed E-state index contributed by atoms with van der Waals surface area (Å²) in [7, 11) is 3.67. The van der Waals surface area contributed by atoms with E-state index in [1.54, 1.807) is 23.9 Å². The number of hydrogen-bond acceptors (Lipinski definition) is 8. The van der Waals surface area contributed by atoms with Gasteiger partial charge < -0.3 is 14.6 Å². The van der Waals surface area contributed by atoms with Crippen LogP contribution in [0, 0.1) is 6.92 Å². The summed E-state index contributed by atoms with van der Waals surface area (Å²) in [6.45, 7) is 1.91. The lowest BCUT2D eigenvalue weighted by Crippen LogP contribution is -2.63. The van der Waals surface area contributed by atoms with Crippen molar-refractivity contribution in [3.05, 3.63) is 36.2 Å². The molecule has 32 heavy (non-hydrogen) atoms. The van der Waals surface area contributed by atoms with Gasteiger partial charge in [0.2, 0.25) is 0 Å². The van der Waals surface area contributed by atoms with Gasteiger partial charge in [-0.2, -0.15) is 5.10 Å². The first-order valence-corrected chi connectivity index (χ1v) is 11.5. The van der Waals surface area contributed by atoms with Gasteiger partial charge >= 0.3 is 0 Å². The maximum absolute atomic E-state index is 15.2. The van der Waals surface area contributed by atoms with Crippen molar-refractivity contribution in [1.82, 2.24) is 24.9 Å². The van der Waals surface area contributed by atoms with E-state index in [4.69, 9.17) is 9.47 Å². The number of benzene rings is 1. The minimum absolute atomic E-state index is 0.0680. The Hall–Kier alpha value is -2.56. The summed E-state index contributed by atoms with van der Waals surface area (Å²) >= 11 is 1.20. The number of aromatic hydroxyl groups is 1. The van der Waals surface area contributed by atoms with Crippen LogP contribution < -0.4 is 4.74 Å². The molecule has 4 heterocycles. The Balaban J connectivity index is 1.33. The highest BCUT2D eigenvalue weighted by Crippen LogP contribution is 2.39. The van der Waals surface area contributed by atoms with E-state index in [9.17, 15) is 5.11 Å². The molecule has 0 saturated carbocycles. The summed E-state index contributed by atoms with van der Waals surface area (Å²) in [5.74, 6) is 0.0680. The van der Waals surface area contributed by atoms with Crippen molar-refractivity contribution in [3.63, 3.8) is 0 Å². The number of hydrogen-bond donors (Lipinski definition) is 1. The second-order valence-corrected chi connectivity index (χ2v) is 9.40. The van der Waals surface area contributed by atoms with Crippen LogP contribution in [0.2, 0.25) is 0 Å². The number of ether oxygens (including phenoxy) is 2. The number of nitrogens with zero attached hydrogens (tertiary/aromatic N) is 5. The molecule has 1 N–H and O–H groups in total. The molecular weight excluding hydrogens is 433 g/mol. The number of fused-ring (bicyclic) bond motifs is 2. The standard InChI is InChI=1S/C22H26FN5O3S/c1-12-8-9-28(26-12)13-4-5-14(17(29)10-13)21-24-25-22(32-21)31-19-11-16-18(30-3)7-6-15(20(19)23)27(16)2/h4-5,8-10,15-16,18-20,29H,6-7,11H2,1-3H3. The number of rotatable bonds is 5. The number of aryl methyl sites for hydroxylation is 1. The van der Waals surface area contributed by atoms with Crippen LogP contribution in [0.5, 0.6) is 10.9 Å². The second kappa shape index (κ2) is 8.42. The first-order chi connectivity index (χ1) is 15.4. The maximum atomic E-state index is 15.2. The van der Waals surface area contributed by atoms with Crippen LogP contribution in [0.25, 0.3) is 16.3 Å². The fourth-order valence-electron chi connectivity index (χ4n) is 4.84. The summed E-state index contributed by atoms with van der Waals surface area (Å²) in [5, 5.41) is 24.0. The van der Waals surface area contributed by atoms with Gasteiger partial charge in [0.1, 0.15) is 11.9 Å². The van der Waals surface area contributed by atoms with Crippen LogP contribution in [0.15, 0.2) is 30.5 Å². The number of halogens is 1. The van der Waals surface area contributed by atoms with Crippen LogP contribution in [-0.4, -0.2) is 74.6 Å². The number of phenols is 1. The Morgan fingerprint density at radius 3 is 2.72 bits per heavy atom. The molecule has 2 aromatic heterocycles. The van der Waals surface area contributed by atoms with Crippen LogP contribution in [-0.2, 0) is 4.74 Å². The highest BCUT2D eigenvalue weighted by molar-refractivity contribution is 7.16. The topological polar surface area (TPSA) is 85.5 Å². The van der Waals surface area contributed by atoms with Gasteiger partial charge in [-0.1, -0.05) is 16.4 Å². The lowest BCUT2D eigenvalue weighted by molar-refractivity contribution is -0.116. The van der Waals surface area contributed by atoms with Crippen LogP contribution >= 0.6 is 11.3 Å². The van der Waals surface area contributed by atoms with E-state index < -0.39 is 12.3 Å². The van der Waals surface area contributed by atoms with Crippen molar-refractivity contribution in [2.45, 2.75) is 56.6 Å². The number of phenolic OH excluding ortho intramolecular Hbond substituents is 1. The lowest BCUT2D eigenvalue weighted by Gasteiger charge is -2.51. The number of aromatic nitrogens is 4. The predicted molar refractivity (Wildman–Crippen MR) is 118 cm³/mol. The van der Waals surface area contributed by atoms with Gasteiger partial charge in [-0.3, -0.25) is 4.90 Å². The zero-order valence-corrected chi connectivity index (χ0v) is 19.0. The lowest BCUT2D eigenvalue weighted by atomic mass is 9.80. The number of piperidine rings is 2. The predicted octanol–water partition coefficient (Wildman–Crippen LogP) is 3.37. The fraction of sp³-hybridized carbons (Fsp3) is 0.500. The monoisotopic (exact) mass is 459 g/mol. The molecule has 0 radical (unpaired) electrons. The van der Waals surface area contributed by atoms with Crippen molar-refractivity contribution >= 4 is 11.3 Å². The smallest absolute Gasteiger partial charge is 0.294 e. The number of likely N-dealkylation sites (N-methyl/N-ethyl adjacent to an activating group) is 1. The zero-order chi connectivity index (χ0) is 22.4. The van der Waals surface area contributed by atoms with Crippen molar-refractivity contribution < 1.29 is 19.0 Å². The van der Waals surface area contributed by atoms with Crippen molar-refractivity contribution in [1.29, 1.82) is 0 Å². The third kappa shape index (κ3) is 3.76. The summed E-state index contributed by atoms with van der Waals surface area (Å²) in [5.41, 5.74) is 2.17. The number of alkyl halides is 1. The molecule has 2 aliphatic rings. The highest BCUT2D eigenvalue weighted by atomic mass is 32.1. The SMILES string of the molecule is COC1CCC2C(F)C(Oc3nnc(-c4ccc(-n5ccc(C)n5)cc4O)s3)CC1N2C. The molecule has 1 aromatic carbocycles. The van der Waals surface area contributed by atoms with Crippen LogP contribution in [0.3, 0.4) is 0 Å². The fourth-order valence-corrected chi connectivity index (χ4v) is 5.63. The van der Waals surface area contributed by atoms with Crippen molar-refractivity contribution in [3.8, 4) is 27.2 Å². The van der Waals surface area contributed by atoms with Crippen molar-refractivity contribution in [2.75, 3.05) is 14.2 Å². The largest absolute Gasteiger partial charge is 0.507 e. The van der Waals surface area contributed by atoms with E-state index in [1.807, 2.05) is 32.3 Å². The first kappa shape index (κ1) is 21.3. The normalized spacial score (nSPS) is 28.1. The van der Waals surface area contributed by atoms with E-state index in [1.165, 1.54) is 11.3 Å². The average molecular weight is 460 g/mol. The summed E-state index contributed by atoms with van der Waals surface area (Å²) in [6.07, 6.45) is 2.34. The molecule has 2 aliphatic heterocycles. The Morgan fingerprint density at radius 2 is 2.00 bits per heavy atom. The molecule has 0 spiro atoms. The molecule has 5 atom stereocenters. The molecule has 170 valence electrons. The summed E-state index contributed by atoms with van der Waals surface area (Å²) < 4.78 is 28.5. The average Bonchev–Trinajstić information content (AvgIpc) is 3.41. The second-order valence-electron chi connectivity index (χ2n) is 8.46. The zero-order valence-electron chi connectivity index (χ0n) is 18.2. The van der Waals surface area contributed by atoms with Crippen molar-refractivity contribution in [2.24, 2.45) is 0 Å². The Kier molecular flexibility index (Phi) is 5.60. The first-order valence-electron chi connectivity index (χ1n) is 10.7. The molecule has 0 aliphatic carbocycles. The molecule has 2 fully saturated rings. The van der Waals surface area contributed by atoms with E-state index in [-0.39, 0.29) is 23.9 Å².